The van der Waals surface area contributed by atoms with Gasteiger partial charge in [-0.15, -0.1) is 0 Å². The van der Waals surface area contributed by atoms with Crippen LogP contribution in [0.15, 0.2) is 24.3 Å². The third kappa shape index (κ3) is 3.26. The zero-order valence-corrected chi connectivity index (χ0v) is 13.6. The standard InChI is InChI=1S/C19H29NO/c1-4-14-9-12-18(13(14)2)20-19(15-5-6-15)16-7-10-17(21-3)11-8-16/h7-8,10-11,13-15,18-20H,4-6,9,12H2,1-3H3. The van der Waals surface area contributed by atoms with Gasteiger partial charge in [-0.3, -0.25) is 0 Å². The summed E-state index contributed by atoms with van der Waals surface area (Å²) in [6.07, 6.45) is 6.83. The minimum absolute atomic E-state index is 0.541. The van der Waals surface area contributed by atoms with Crippen LogP contribution in [0, 0.1) is 17.8 Å². The lowest BCUT2D eigenvalue weighted by Crippen LogP contribution is -2.36. The minimum atomic E-state index is 0.541. The van der Waals surface area contributed by atoms with Gasteiger partial charge in [0.05, 0.1) is 7.11 Å². The van der Waals surface area contributed by atoms with Crippen LogP contribution in [0.4, 0.5) is 0 Å². The van der Waals surface area contributed by atoms with Gasteiger partial charge in [-0.05, 0) is 61.1 Å². The number of ether oxygens (including phenoxy) is 1. The molecule has 0 saturated heterocycles. The largest absolute Gasteiger partial charge is 0.497 e. The smallest absolute Gasteiger partial charge is 0.118 e. The van der Waals surface area contributed by atoms with E-state index in [0.717, 1.165) is 23.5 Å². The van der Waals surface area contributed by atoms with Crippen molar-refractivity contribution >= 4 is 0 Å². The summed E-state index contributed by atoms with van der Waals surface area (Å²) in [5, 5.41) is 4.00. The molecule has 116 valence electrons. The van der Waals surface area contributed by atoms with Crippen LogP contribution in [0.1, 0.15) is 57.6 Å². The van der Waals surface area contributed by atoms with Crippen molar-refractivity contribution in [3.63, 3.8) is 0 Å². The van der Waals surface area contributed by atoms with Crippen molar-refractivity contribution in [2.24, 2.45) is 17.8 Å². The summed E-state index contributed by atoms with van der Waals surface area (Å²) < 4.78 is 5.28. The van der Waals surface area contributed by atoms with Crippen molar-refractivity contribution in [1.82, 2.24) is 5.32 Å². The highest BCUT2D eigenvalue weighted by Crippen LogP contribution is 2.43. The van der Waals surface area contributed by atoms with E-state index in [1.165, 1.54) is 37.7 Å². The Morgan fingerprint density at radius 2 is 1.86 bits per heavy atom. The van der Waals surface area contributed by atoms with Gasteiger partial charge in [0.1, 0.15) is 5.75 Å². The van der Waals surface area contributed by atoms with E-state index in [9.17, 15) is 0 Å². The van der Waals surface area contributed by atoms with Gasteiger partial charge in [0.2, 0.25) is 0 Å². The van der Waals surface area contributed by atoms with E-state index in [-0.39, 0.29) is 0 Å². The van der Waals surface area contributed by atoms with Crippen molar-refractivity contribution in [2.75, 3.05) is 7.11 Å². The summed E-state index contributed by atoms with van der Waals surface area (Å²) in [6, 6.07) is 9.91. The van der Waals surface area contributed by atoms with E-state index in [0.29, 0.717) is 12.1 Å². The normalized spacial score (nSPS) is 30.3. The van der Waals surface area contributed by atoms with Gasteiger partial charge in [-0.25, -0.2) is 0 Å². The first-order chi connectivity index (χ1) is 10.2. The molecule has 0 spiro atoms. The van der Waals surface area contributed by atoms with Crippen molar-refractivity contribution in [3.8, 4) is 5.75 Å². The molecule has 1 aromatic carbocycles. The molecular formula is C19H29NO. The molecule has 2 fully saturated rings. The first-order valence-corrected chi connectivity index (χ1v) is 8.63. The van der Waals surface area contributed by atoms with Crippen LogP contribution in [0.5, 0.6) is 5.75 Å². The molecule has 2 aliphatic rings. The highest BCUT2D eigenvalue weighted by molar-refractivity contribution is 5.30. The summed E-state index contributed by atoms with van der Waals surface area (Å²) in [7, 11) is 1.73. The van der Waals surface area contributed by atoms with E-state index >= 15 is 0 Å². The molecule has 3 rings (SSSR count). The monoisotopic (exact) mass is 287 g/mol. The molecular weight excluding hydrogens is 258 g/mol. The molecule has 0 aromatic heterocycles. The summed E-state index contributed by atoms with van der Waals surface area (Å²) in [6.45, 7) is 4.78. The Morgan fingerprint density at radius 1 is 1.14 bits per heavy atom. The Kier molecular flexibility index (Phi) is 4.54. The molecule has 4 atom stereocenters. The molecule has 0 radical (unpaired) electrons. The summed E-state index contributed by atoms with van der Waals surface area (Å²) in [4.78, 5) is 0. The molecule has 2 nitrogen and oxygen atoms in total. The second kappa shape index (κ2) is 6.39. The highest BCUT2D eigenvalue weighted by atomic mass is 16.5. The van der Waals surface area contributed by atoms with Crippen LogP contribution in [0.3, 0.4) is 0 Å². The second-order valence-electron chi connectivity index (χ2n) is 6.97. The first-order valence-electron chi connectivity index (χ1n) is 8.63. The fourth-order valence-electron chi connectivity index (χ4n) is 4.03. The van der Waals surface area contributed by atoms with E-state index in [1.807, 2.05) is 0 Å². The zero-order valence-electron chi connectivity index (χ0n) is 13.6. The van der Waals surface area contributed by atoms with Crippen molar-refractivity contribution in [2.45, 2.75) is 58.0 Å². The SMILES string of the molecule is CCC1CCC(NC(c2ccc(OC)cc2)C2CC2)C1C. The van der Waals surface area contributed by atoms with Crippen molar-refractivity contribution in [3.05, 3.63) is 29.8 Å². The Hall–Kier alpha value is -1.02. The predicted octanol–water partition coefficient (Wildman–Crippen LogP) is 4.56. The number of rotatable bonds is 6. The molecule has 21 heavy (non-hydrogen) atoms. The third-order valence-corrected chi connectivity index (χ3v) is 5.71. The van der Waals surface area contributed by atoms with E-state index in [2.05, 4.69) is 43.4 Å². The Balaban J connectivity index is 1.70. The summed E-state index contributed by atoms with van der Waals surface area (Å²) in [5.41, 5.74) is 1.44. The summed E-state index contributed by atoms with van der Waals surface area (Å²) >= 11 is 0. The Bertz CT molecular complexity index is 451. The van der Waals surface area contributed by atoms with Crippen LogP contribution in [-0.4, -0.2) is 13.2 Å². The van der Waals surface area contributed by atoms with Crippen LogP contribution < -0.4 is 10.1 Å². The van der Waals surface area contributed by atoms with Crippen molar-refractivity contribution < 1.29 is 4.74 Å². The van der Waals surface area contributed by atoms with E-state index in [4.69, 9.17) is 4.74 Å². The zero-order chi connectivity index (χ0) is 14.8. The van der Waals surface area contributed by atoms with Gasteiger partial charge < -0.3 is 10.1 Å². The number of hydrogen-bond donors (Lipinski definition) is 1. The predicted molar refractivity (Wildman–Crippen MR) is 87.6 cm³/mol. The van der Waals surface area contributed by atoms with Crippen molar-refractivity contribution in [1.29, 1.82) is 0 Å². The van der Waals surface area contributed by atoms with E-state index in [1.54, 1.807) is 7.11 Å². The molecule has 1 N–H and O–H groups in total. The Morgan fingerprint density at radius 3 is 2.38 bits per heavy atom. The topological polar surface area (TPSA) is 21.3 Å². The lowest BCUT2D eigenvalue weighted by Gasteiger charge is -2.27. The molecule has 2 saturated carbocycles. The van der Waals surface area contributed by atoms with Crippen LogP contribution in [0.2, 0.25) is 0 Å². The number of hydrogen-bond acceptors (Lipinski definition) is 2. The Labute approximate surface area is 129 Å². The van der Waals surface area contributed by atoms with Crippen LogP contribution >= 0.6 is 0 Å². The maximum absolute atomic E-state index is 5.28. The highest BCUT2D eigenvalue weighted by Gasteiger charge is 2.38. The number of benzene rings is 1. The van der Waals surface area contributed by atoms with Gasteiger partial charge >= 0.3 is 0 Å². The summed E-state index contributed by atoms with van der Waals surface area (Å²) in [5.74, 6) is 3.52. The van der Waals surface area contributed by atoms with Crippen LogP contribution in [0.25, 0.3) is 0 Å². The van der Waals surface area contributed by atoms with Gasteiger partial charge in [-0.2, -0.15) is 0 Å². The molecule has 1 aromatic rings. The molecule has 0 aliphatic heterocycles. The molecule has 0 amide bonds. The third-order valence-electron chi connectivity index (χ3n) is 5.71. The van der Waals surface area contributed by atoms with Gasteiger partial charge in [-0.1, -0.05) is 32.4 Å². The molecule has 2 aliphatic carbocycles. The first kappa shape index (κ1) is 14.9. The maximum Gasteiger partial charge on any atom is 0.118 e. The maximum atomic E-state index is 5.28. The molecule has 0 bridgehead atoms. The molecule has 0 heterocycles. The minimum Gasteiger partial charge on any atom is -0.497 e. The van der Waals surface area contributed by atoms with Crippen LogP contribution in [-0.2, 0) is 0 Å². The van der Waals surface area contributed by atoms with Gasteiger partial charge in [0.15, 0.2) is 0 Å². The lowest BCUT2D eigenvalue weighted by atomic mass is 9.92. The average molecular weight is 287 g/mol. The quantitative estimate of drug-likeness (QED) is 0.828. The lowest BCUT2D eigenvalue weighted by molar-refractivity contribution is 0.309. The number of methoxy groups -OCH3 is 1. The fourth-order valence-corrected chi connectivity index (χ4v) is 4.03. The molecule has 2 heteroatoms. The van der Waals surface area contributed by atoms with Gasteiger partial charge in [0.25, 0.3) is 0 Å². The van der Waals surface area contributed by atoms with E-state index < -0.39 is 0 Å². The van der Waals surface area contributed by atoms with Gasteiger partial charge in [0, 0.05) is 12.1 Å². The number of nitrogens with one attached hydrogen (secondary N) is 1. The second-order valence-corrected chi connectivity index (χ2v) is 6.97. The average Bonchev–Trinajstić information content (AvgIpc) is 3.30. The molecule has 4 unspecified atom stereocenters. The fraction of sp³-hybridized carbons (Fsp3) is 0.684.